The SMILES string of the molecule is Cc1nc2ccc(N(C)c3ccc(N)c(C)n3)cc2o1. The molecule has 0 aliphatic heterocycles. The fourth-order valence-electron chi connectivity index (χ4n) is 2.11. The molecule has 0 radical (unpaired) electrons. The van der Waals surface area contributed by atoms with Crippen LogP contribution in [-0.2, 0) is 0 Å². The first-order valence-electron chi connectivity index (χ1n) is 6.38. The van der Waals surface area contributed by atoms with Crippen LogP contribution in [0.25, 0.3) is 11.1 Å². The molecule has 0 amide bonds. The van der Waals surface area contributed by atoms with E-state index in [1.165, 1.54) is 0 Å². The molecule has 0 unspecified atom stereocenters. The van der Waals surface area contributed by atoms with Gasteiger partial charge >= 0.3 is 0 Å². The number of hydrogen-bond acceptors (Lipinski definition) is 5. The van der Waals surface area contributed by atoms with Crippen LogP contribution in [0, 0.1) is 13.8 Å². The maximum atomic E-state index is 5.80. The van der Waals surface area contributed by atoms with E-state index in [4.69, 9.17) is 10.2 Å². The lowest BCUT2D eigenvalue weighted by atomic mass is 10.2. The second-order valence-corrected chi connectivity index (χ2v) is 4.79. The molecule has 3 aromatic rings. The Morgan fingerprint density at radius 1 is 1.10 bits per heavy atom. The van der Waals surface area contributed by atoms with E-state index >= 15 is 0 Å². The lowest BCUT2D eigenvalue weighted by Crippen LogP contribution is -2.12. The smallest absolute Gasteiger partial charge is 0.192 e. The Bertz CT molecular complexity index is 779. The number of nitrogen functional groups attached to an aromatic ring is 1. The Kier molecular flexibility index (Phi) is 2.82. The summed E-state index contributed by atoms with van der Waals surface area (Å²) in [6.45, 7) is 3.74. The highest BCUT2D eigenvalue weighted by Crippen LogP contribution is 2.27. The summed E-state index contributed by atoms with van der Waals surface area (Å²) in [5, 5.41) is 0. The molecule has 0 aliphatic rings. The lowest BCUT2D eigenvalue weighted by Gasteiger charge is -2.18. The van der Waals surface area contributed by atoms with E-state index in [0.29, 0.717) is 11.6 Å². The molecule has 0 atom stereocenters. The van der Waals surface area contributed by atoms with Crippen LogP contribution in [0.1, 0.15) is 11.6 Å². The average molecular weight is 268 g/mol. The Labute approximate surface area is 117 Å². The number of nitrogens with zero attached hydrogens (tertiary/aromatic N) is 3. The van der Waals surface area contributed by atoms with Gasteiger partial charge in [-0.25, -0.2) is 9.97 Å². The number of oxazole rings is 1. The number of aromatic nitrogens is 2. The van der Waals surface area contributed by atoms with Gasteiger partial charge in [0.05, 0.1) is 11.4 Å². The largest absolute Gasteiger partial charge is 0.441 e. The molecule has 5 nitrogen and oxygen atoms in total. The number of anilines is 3. The minimum Gasteiger partial charge on any atom is -0.441 e. The van der Waals surface area contributed by atoms with Crippen molar-refractivity contribution in [1.29, 1.82) is 0 Å². The van der Waals surface area contributed by atoms with Gasteiger partial charge in [-0.05, 0) is 31.2 Å². The number of hydrogen-bond donors (Lipinski definition) is 1. The summed E-state index contributed by atoms with van der Waals surface area (Å²) < 4.78 is 5.56. The van der Waals surface area contributed by atoms with Gasteiger partial charge in [0.25, 0.3) is 0 Å². The van der Waals surface area contributed by atoms with E-state index < -0.39 is 0 Å². The normalized spacial score (nSPS) is 10.9. The van der Waals surface area contributed by atoms with Crippen LogP contribution < -0.4 is 10.6 Å². The molecule has 5 heteroatoms. The average Bonchev–Trinajstić information content (AvgIpc) is 2.80. The van der Waals surface area contributed by atoms with Gasteiger partial charge in [0.2, 0.25) is 0 Å². The fraction of sp³-hybridized carbons (Fsp3) is 0.200. The van der Waals surface area contributed by atoms with E-state index in [-0.39, 0.29) is 0 Å². The molecule has 0 saturated heterocycles. The lowest BCUT2D eigenvalue weighted by molar-refractivity contribution is 0.561. The number of rotatable bonds is 2. The first-order valence-corrected chi connectivity index (χ1v) is 6.38. The van der Waals surface area contributed by atoms with Crippen LogP contribution in [0.2, 0.25) is 0 Å². The molecule has 20 heavy (non-hydrogen) atoms. The van der Waals surface area contributed by atoms with Gasteiger partial charge in [-0.3, -0.25) is 0 Å². The van der Waals surface area contributed by atoms with Crippen LogP contribution in [-0.4, -0.2) is 17.0 Å². The summed E-state index contributed by atoms with van der Waals surface area (Å²) >= 11 is 0. The topological polar surface area (TPSA) is 68.2 Å². The third-order valence-corrected chi connectivity index (χ3v) is 3.32. The highest BCUT2D eigenvalue weighted by molar-refractivity contribution is 5.79. The number of nitrogens with two attached hydrogens (primary N) is 1. The van der Waals surface area contributed by atoms with Gasteiger partial charge in [-0.2, -0.15) is 0 Å². The number of fused-ring (bicyclic) bond motifs is 1. The monoisotopic (exact) mass is 268 g/mol. The fourth-order valence-corrected chi connectivity index (χ4v) is 2.11. The third kappa shape index (κ3) is 2.07. The Balaban J connectivity index is 2.02. The summed E-state index contributed by atoms with van der Waals surface area (Å²) in [7, 11) is 1.96. The molecule has 2 aromatic heterocycles. The molecule has 2 heterocycles. The molecule has 2 N–H and O–H groups in total. The number of pyridine rings is 1. The van der Waals surface area contributed by atoms with Crippen molar-refractivity contribution in [2.24, 2.45) is 0 Å². The summed E-state index contributed by atoms with van der Waals surface area (Å²) in [5.41, 5.74) is 9.95. The predicted molar refractivity (Wildman–Crippen MR) is 80.2 cm³/mol. The van der Waals surface area contributed by atoms with E-state index in [0.717, 1.165) is 28.3 Å². The third-order valence-electron chi connectivity index (χ3n) is 3.32. The van der Waals surface area contributed by atoms with Gasteiger partial charge in [0, 0.05) is 25.7 Å². The van der Waals surface area contributed by atoms with Crippen LogP contribution in [0.5, 0.6) is 0 Å². The second kappa shape index (κ2) is 4.52. The molecular formula is C15H16N4O. The van der Waals surface area contributed by atoms with Crippen molar-refractivity contribution in [3.05, 3.63) is 41.9 Å². The summed E-state index contributed by atoms with van der Waals surface area (Å²) in [6, 6.07) is 9.67. The first-order chi connectivity index (χ1) is 9.54. The molecule has 0 fully saturated rings. The van der Waals surface area contributed by atoms with Crippen LogP contribution >= 0.6 is 0 Å². The van der Waals surface area contributed by atoms with Gasteiger partial charge in [-0.1, -0.05) is 0 Å². The van der Waals surface area contributed by atoms with Crippen molar-refractivity contribution in [2.75, 3.05) is 17.7 Å². The molecule has 3 rings (SSSR count). The highest BCUT2D eigenvalue weighted by atomic mass is 16.3. The minimum absolute atomic E-state index is 0.668. The van der Waals surface area contributed by atoms with Crippen molar-refractivity contribution in [3.8, 4) is 0 Å². The molecule has 1 aromatic carbocycles. The van der Waals surface area contributed by atoms with Gasteiger partial charge in [0.15, 0.2) is 11.5 Å². The van der Waals surface area contributed by atoms with Crippen molar-refractivity contribution >= 4 is 28.3 Å². The standard InChI is InChI=1S/C15H16N4O/c1-9-12(16)5-7-15(17-9)19(3)11-4-6-13-14(8-11)20-10(2)18-13/h4-8H,16H2,1-3H3. The number of benzene rings is 1. The van der Waals surface area contributed by atoms with Crippen molar-refractivity contribution in [2.45, 2.75) is 13.8 Å². The summed E-state index contributed by atoms with van der Waals surface area (Å²) in [6.07, 6.45) is 0. The molecule has 0 spiro atoms. The Morgan fingerprint density at radius 3 is 2.65 bits per heavy atom. The Morgan fingerprint density at radius 2 is 1.90 bits per heavy atom. The quantitative estimate of drug-likeness (QED) is 0.773. The van der Waals surface area contributed by atoms with E-state index in [9.17, 15) is 0 Å². The van der Waals surface area contributed by atoms with Crippen molar-refractivity contribution < 1.29 is 4.42 Å². The summed E-state index contributed by atoms with van der Waals surface area (Å²) in [5.74, 6) is 1.51. The first kappa shape index (κ1) is 12.5. The van der Waals surface area contributed by atoms with Gasteiger partial charge < -0.3 is 15.1 Å². The van der Waals surface area contributed by atoms with E-state index in [1.807, 2.05) is 56.1 Å². The maximum absolute atomic E-state index is 5.80. The molecular weight excluding hydrogens is 252 g/mol. The predicted octanol–water partition coefficient (Wildman–Crippen LogP) is 3.19. The summed E-state index contributed by atoms with van der Waals surface area (Å²) in [4.78, 5) is 10.8. The van der Waals surface area contributed by atoms with Crippen LogP contribution in [0.15, 0.2) is 34.7 Å². The van der Waals surface area contributed by atoms with E-state index in [2.05, 4.69) is 9.97 Å². The van der Waals surface area contributed by atoms with Crippen LogP contribution in [0.3, 0.4) is 0 Å². The zero-order valence-electron chi connectivity index (χ0n) is 11.7. The van der Waals surface area contributed by atoms with Gasteiger partial charge in [0.1, 0.15) is 11.3 Å². The second-order valence-electron chi connectivity index (χ2n) is 4.79. The zero-order chi connectivity index (χ0) is 14.3. The molecule has 0 saturated carbocycles. The van der Waals surface area contributed by atoms with Crippen molar-refractivity contribution in [1.82, 2.24) is 9.97 Å². The zero-order valence-corrected chi connectivity index (χ0v) is 11.7. The molecule has 0 aliphatic carbocycles. The maximum Gasteiger partial charge on any atom is 0.192 e. The van der Waals surface area contributed by atoms with Crippen LogP contribution in [0.4, 0.5) is 17.2 Å². The molecule has 0 bridgehead atoms. The van der Waals surface area contributed by atoms with Gasteiger partial charge in [-0.15, -0.1) is 0 Å². The Hall–Kier alpha value is -2.56. The minimum atomic E-state index is 0.668. The van der Waals surface area contributed by atoms with E-state index in [1.54, 1.807) is 0 Å². The van der Waals surface area contributed by atoms with Crippen molar-refractivity contribution in [3.63, 3.8) is 0 Å². The molecule has 102 valence electrons. The highest BCUT2D eigenvalue weighted by Gasteiger charge is 2.09. The number of aryl methyl sites for hydroxylation is 2.